The van der Waals surface area contributed by atoms with Crippen molar-refractivity contribution in [1.82, 2.24) is 9.97 Å². The number of hydrogen-bond acceptors (Lipinski definition) is 3. The molecule has 0 saturated carbocycles. The number of aromatic nitrogens is 2. The van der Waals surface area contributed by atoms with E-state index < -0.39 is 0 Å². The van der Waals surface area contributed by atoms with Crippen molar-refractivity contribution < 1.29 is 4.42 Å². The minimum atomic E-state index is 0.658. The maximum Gasteiger partial charge on any atom is 0.161 e. The van der Waals surface area contributed by atoms with Crippen molar-refractivity contribution in [3.63, 3.8) is 0 Å². The molecule has 8 aromatic rings. The molecule has 0 saturated heterocycles. The molecule has 0 N–H and O–H groups in total. The van der Waals surface area contributed by atoms with Crippen molar-refractivity contribution in [3.8, 4) is 56.4 Å². The minimum Gasteiger partial charge on any atom is -0.454 e. The summed E-state index contributed by atoms with van der Waals surface area (Å²) in [6.07, 6.45) is 0. The fourth-order valence-corrected chi connectivity index (χ4v) is 5.80. The molecule has 8 rings (SSSR count). The van der Waals surface area contributed by atoms with E-state index in [1.165, 1.54) is 21.9 Å². The number of nitrogens with zero attached hydrogens (tertiary/aromatic N) is 2. The number of para-hydroxylation sites is 1. The summed E-state index contributed by atoms with van der Waals surface area (Å²) in [5.41, 5.74) is 9.00. The Morgan fingerprint density at radius 1 is 0.395 bits per heavy atom. The van der Waals surface area contributed by atoms with E-state index in [4.69, 9.17) is 14.4 Å². The molecule has 0 amide bonds. The zero-order valence-electron chi connectivity index (χ0n) is 23.3. The van der Waals surface area contributed by atoms with Gasteiger partial charge >= 0.3 is 0 Å². The highest BCUT2D eigenvalue weighted by Gasteiger charge is 2.16. The van der Waals surface area contributed by atoms with Gasteiger partial charge in [0.1, 0.15) is 11.3 Å². The lowest BCUT2D eigenvalue weighted by atomic mass is 9.97. The van der Waals surface area contributed by atoms with Crippen LogP contribution in [-0.2, 0) is 0 Å². The fourth-order valence-electron chi connectivity index (χ4n) is 5.80. The predicted octanol–water partition coefficient (Wildman–Crippen LogP) is 10.7. The molecule has 43 heavy (non-hydrogen) atoms. The standard InChI is InChI=1S/C40H26N2O/c1-2-11-27(12-3-1)34-17-7-8-18-35(34)40-41-36(26-37(42-40)39-25-31-14-5-9-20-38(31)43-39)30-23-21-29(22-24-30)33-19-10-15-28-13-4-6-16-32(28)33/h1-26H. The summed E-state index contributed by atoms with van der Waals surface area (Å²) in [6.45, 7) is 0. The molecule has 0 spiro atoms. The lowest BCUT2D eigenvalue weighted by Crippen LogP contribution is -1.97. The highest BCUT2D eigenvalue weighted by molar-refractivity contribution is 5.97. The Balaban J connectivity index is 1.28. The summed E-state index contributed by atoms with van der Waals surface area (Å²) in [5.74, 6) is 1.38. The second-order valence-electron chi connectivity index (χ2n) is 10.6. The minimum absolute atomic E-state index is 0.658. The topological polar surface area (TPSA) is 38.9 Å². The number of furan rings is 1. The Morgan fingerprint density at radius 3 is 1.84 bits per heavy atom. The van der Waals surface area contributed by atoms with E-state index in [2.05, 4.69) is 121 Å². The fraction of sp³-hybridized carbons (Fsp3) is 0. The quantitative estimate of drug-likeness (QED) is 0.214. The molecule has 0 radical (unpaired) electrons. The highest BCUT2D eigenvalue weighted by Crippen LogP contribution is 2.36. The van der Waals surface area contributed by atoms with Crippen LogP contribution in [0.25, 0.3) is 78.1 Å². The van der Waals surface area contributed by atoms with Gasteiger partial charge in [0, 0.05) is 16.5 Å². The molecular weight excluding hydrogens is 524 g/mol. The molecule has 0 bridgehead atoms. The molecule has 0 aliphatic carbocycles. The van der Waals surface area contributed by atoms with E-state index in [0.29, 0.717) is 5.82 Å². The van der Waals surface area contributed by atoms with Gasteiger partial charge in [0.2, 0.25) is 0 Å². The Morgan fingerprint density at radius 2 is 1.00 bits per heavy atom. The van der Waals surface area contributed by atoms with Crippen LogP contribution in [0.4, 0.5) is 0 Å². The summed E-state index contributed by atoms with van der Waals surface area (Å²) < 4.78 is 6.28. The van der Waals surface area contributed by atoms with Gasteiger partial charge in [-0.05, 0) is 51.2 Å². The molecule has 2 heterocycles. The smallest absolute Gasteiger partial charge is 0.161 e. The first-order valence-corrected chi connectivity index (χ1v) is 14.4. The van der Waals surface area contributed by atoms with Crippen LogP contribution in [0.3, 0.4) is 0 Å². The zero-order chi connectivity index (χ0) is 28.6. The van der Waals surface area contributed by atoms with Crippen molar-refractivity contribution in [1.29, 1.82) is 0 Å². The van der Waals surface area contributed by atoms with Crippen LogP contribution >= 0.6 is 0 Å². The molecule has 6 aromatic carbocycles. The van der Waals surface area contributed by atoms with Crippen LogP contribution in [0.1, 0.15) is 0 Å². The second-order valence-corrected chi connectivity index (χ2v) is 10.6. The monoisotopic (exact) mass is 550 g/mol. The first kappa shape index (κ1) is 25.0. The predicted molar refractivity (Wildman–Crippen MR) is 176 cm³/mol. The summed E-state index contributed by atoms with van der Waals surface area (Å²) in [7, 11) is 0. The molecule has 0 fully saturated rings. The van der Waals surface area contributed by atoms with Crippen molar-refractivity contribution in [2.24, 2.45) is 0 Å². The summed E-state index contributed by atoms with van der Waals surface area (Å²) in [4.78, 5) is 10.2. The van der Waals surface area contributed by atoms with Crippen molar-refractivity contribution >= 4 is 21.7 Å². The maximum atomic E-state index is 6.28. The van der Waals surface area contributed by atoms with Gasteiger partial charge in [-0.2, -0.15) is 0 Å². The van der Waals surface area contributed by atoms with Crippen molar-refractivity contribution in [2.45, 2.75) is 0 Å². The summed E-state index contributed by atoms with van der Waals surface area (Å²) >= 11 is 0. The number of benzene rings is 6. The first-order valence-electron chi connectivity index (χ1n) is 14.4. The molecule has 0 unspecified atom stereocenters. The third kappa shape index (κ3) is 4.67. The van der Waals surface area contributed by atoms with Crippen LogP contribution < -0.4 is 0 Å². The van der Waals surface area contributed by atoms with E-state index in [-0.39, 0.29) is 0 Å². The van der Waals surface area contributed by atoms with E-state index in [1.807, 2.05) is 36.4 Å². The Kier molecular flexibility index (Phi) is 6.12. The SMILES string of the molecule is c1ccc(-c2ccccc2-c2nc(-c3ccc(-c4cccc5ccccc45)cc3)cc(-c3cc4ccccc4o3)n2)cc1. The largest absolute Gasteiger partial charge is 0.454 e. The highest BCUT2D eigenvalue weighted by atomic mass is 16.3. The number of hydrogen-bond donors (Lipinski definition) is 0. The molecule has 3 nitrogen and oxygen atoms in total. The first-order chi connectivity index (χ1) is 21.3. The molecule has 0 atom stereocenters. The van der Waals surface area contributed by atoms with Gasteiger partial charge in [0.05, 0.1) is 5.69 Å². The van der Waals surface area contributed by atoms with Crippen molar-refractivity contribution in [2.75, 3.05) is 0 Å². The molecule has 0 aliphatic rings. The van der Waals surface area contributed by atoms with Gasteiger partial charge in [0.25, 0.3) is 0 Å². The van der Waals surface area contributed by atoms with Gasteiger partial charge < -0.3 is 4.42 Å². The van der Waals surface area contributed by atoms with Crippen molar-refractivity contribution in [3.05, 3.63) is 158 Å². The van der Waals surface area contributed by atoms with Gasteiger partial charge in [-0.15, -0.1) is 0 Å². The Hall–Kier alpha value is -5.80. The molecular formula is C40H26N2O. The normalized spacial score (nSPS) is 11.3. The van der Waals surface area contributed by atoms with Gasteiger partial charge in [-0.25, -0.2) is 9.97 Å². The average molecular weight is 551 g/mol. The third-order valence-corrected chi connectivity index (χ3v) is 7.94. The Bertz CT molecular complexity index is 2190. The van der Waals surface area contributed by atoms with E-state index in [0.717, 1.165) is 50.4 Å². The third-order valence-electron chi connectivity index (χ3n) is 7.94. The van der Waals surface area contributed by atoms with Crippen LogP contribution in [0.2, 0.25) is 0 Å². The van der Waals surface area contributed by atoms with Crippen LogP contribution in [-0.4, -0.2) is 9.97 Å². The average Bonchev–Trinajstić information content (AvgIpc) is 3.53. The molecule has 0 aliphatic heterocycles. The molecule has 3 heteroatoms. The summed E-state index contributed by atoms with van der Waals surface area (Å²) in [6, 6.07) is 54.4. The summed E-state index contributed by atoms with van der Waals surface area (Å²) in [5, 5.41) is 3.52. The van der Waals surface area contributed by atoms with E-state index >= 15 is 0 Å². The number of fused-ring (bicyclic) bond motifs is 2. The number of rotatable bonds is 5. The molecule has 202 valence electrons. The van der Waals surface area contributed by atoms with E-state index in [9.17, 15) is 0 Å². The Labute approximate surface area is 249 Å². The van der Waals surface area contributed by atoms with E-state index in [1.54, 1.807) is 0 Å². The zero-order valence-corrected chi connectivity index (χ0v) is 23.3. The van der Waals surface area contributed by atoms with Gasteiger partial charge in [-0.3, -0.25) is 0 Å². The van der Waals surface area contributed by atoms with Crippen LogP contribution in [0.15, 0.2) is 162 Å². The van der Waals surface area contributed by atoms with Crippen LogP contribution in [0, 0.1) is 0 Å². The van der Waals surface area contributed by atoms with Crippen LogP contribution in [0.5, 0.6) is 0 Å². The van der Waals surface area contributed by atoms with Gasteiger partial charge in [-0.1, -0.05) is 140 Å². The molecule has 2 aromatic heterocycles. The lowest BCUT2D eigenvalue weighted by Gasteiger charge is -2.12. The second kappa shape index (κ2) is 10.6. The maximum absolute atomic E-state index is 6.28. The lowest BCUT2D eigenvalue weighted by molar-refractivity contribution is 0.628. The van der Waals surface area contributed by atoms with Gasteiger partial charge in [0.15, 0.2) is 11.6 Å².